The number of morpholine rings is 1. The van der Waals surface area contributed by atoms with Crippen molar-refractivity contribution in [1.29, 1.82) is 0 Å². The summed E-state index contributed by atoms with van der Waals surface area (Å²) in [6.07, 6.45) is 1.17. The van der Waals surface area contributed by atoms with E-state index in [1.807, 2.05) is 29.7 Å². The first-order valence-electron chi connectivity index (χ1n) is 9.96. The number of fused-ring (bicyclic) bond motifs is 1. The van der Waals surface area contributed by atoms with Gasteiger partial charge in [-0.05, 0) is 36.8 Å². The second kappa shape index (κ2) is 8.56. The molecule has 1 fully saturated rings. The molecule has 2 aromatic heterocycles. The minimum absolute atomic E-state index is 0.219. The third-order valence-corrected chi connectivity index (χ3v) is 5.74. The molecule has 0 bridgehead atoms. The van der Waals surface area contributed by atoms with E-state index in [0.29, 0.717) is 41.4 Å². The van der Waals surface area contributed by atoms with E-state index >= 15 is 0 Å². The SMILES string of the molecule is CNC(=O)c1ccc(-c2nc3cc(C)ccn3c2CC2CN(C(=O)O)CCO2)c(Cl)c1. The monoisotopic (exact) mass is 442 g/mol. The summed E-state index contributed by atoms with van der Waals surface area (Å²) in [5, 5.41) is 12.4. The highest BCUT2D eigenvalue weighted by Crippen LogP contribution is 2.33. The van der Waals surface area contributed by atoms with E-state index in [1.54, 1.807) is 25.2 Å². The van der Waals surface area contributed by atoms with Gasteiger partial charge >= 0.3 is 6.09 Å². The number of carbonyl (C=O) groups excluding carboxylic acids is 1. The Balaban J connectivity index is 1.77. The summed E-state index contributed by atoms with van der Waals surface area (Å²) < 4.78 is 7.84. The van der Waals surface area contributed by atoms with E-state index in [-0.39, 0.29) is 18.6 Å². The molecule has 8 nitrogen and oxygen atoms in total. The first kappa shape index (κ1) is 21.1. The summed E-state index contributed by atoms with van der Waals surface area (Å²) >= 11 is 6.56. The molecule has 2 amide bonds. The fourth-order valence-corrected chi connectivity index (χ4v) is 4.10. The average Bonchev–Trinajstić information content (AvgIpc) is 3.10. The molecule has 1 aromatic carbocycles. The maximum Gasteiger partial charge on any atom is 0.407 e. The van der Waals surface area contributed by atoms with Crippen LogP contribution in [0.5, 0.6) is 0 Å². The fraction of sp³-hybridized carbons (Fsp3) is 0.318. The van der Waals surface area contributed by atoms with Crippen molar-refractivity contribution in [2.75, 3.05) is 26.7 Å². The highest BCUT2D eigenvalue weighted by Gasteiger charge is 2.27. The molecule has 162 valence electrons. The Morgan fingerprint density at radius 3 is 2.84 bits per heavy atom. The van der Waals surface area contributed by atoms with E-state index in [1.165, 1.54) is 4.90 Å². The number of ether oxygens (including phenoxy) is 1. The second-order valence-electron chi connectivity index (χ2n) is 7.54. The molecule has 1 saturated heterocycles. The van der Waals surface area contributed by atoms with Gasteiger partial charge < -0.3 is 24.5 Å². The molecule has 4 rings (SSSR count). The van der Waals surface area contributed by atoms with Crippen LogP contribution in [0, 0.1) is 6.92 Å². The van der Waals surface area contributed by atoms with Crippen LogP contribution >= 0.6 is 11.6 Å². The Hall–Kier alpha value is -3.10. The fourth-order valence-electron chi connectivity index (χ4n) is 3.83. The molecule has 1 unspecified atom stereocenters. The van der Waals surface area contributed by atoms with Gasteiger partial charge in [0.15, 0.2) is 0 Å². The smallest absolute Gasteiger partial charge is 0.407 e. The van der Waals surface area contributed by atoms with Gasteiger partial charge in [-0.15, -0.1) is 0 Å². The second-order valence-corrected chi connectivity index (χ2v) is 7.95. The summed E-state index contributed by atoms with van der Waals surface area (Å²) in [6.45, 7) is 2.99. The van der Waals surface area contributed by atoms with Crippen LogP contribution < -0.4 is 5.32 Å². The van der Waals surface area contributed by atoms with Gasteiger partial charge in [-0.3, -0.25) is 4.79 Å². The average molecular weight is 443 g/mol. The largest absolute Gasteiger partial charge is 0.465 e. The van der Waals surface area contributed by atoms with Crippen molar-refractivity contribution in [1.82, 2.24) is 19.6 Å². The van der Waals surface area contributed by atoms with Crippen LogP contribution in [0.25, 0.3) is 16.9 Å². The van der Waals surface area contributed by atoms with Gasteiger partial charge in [-0.2, -0.15) is 0 Å². The molecule has 3 heterocycles. The molecule has 0 radical (unpaired) electrons. The van der Waals surface area contributed by atoms with Crippen LogP contribution in [-0.4, -0.2) is 64.2 Å². The standard InChI is InChI=1S/C22H23ClN4O4/c1-13-5-6-27-18(11-15-12-26(22(29)30)7-8-31-15)20(25-19(27)9-13)16-4-3-14(10-17(16)23)21(28)24-2/h3-6,9-10,15H,7-8,11-12H2,1-2H3,(H,24,28)(H,29,30). The van der Waals surface area contributed by atoms with Gasteiger partial charge in [-0.1, -0.05) is 17.7 Å². The number of amides is 2. The number of benzene rings is 1. The minimum atomic E-state index is -0.949. The summed E-state index contributed by atoms with van der Waals surface area (Å²) in [4.78, 5) is 29.5. The number of halogens is 1. The van der Waals surface area contributed by atoms with Crippen molar-refractivity contribution < 1.29 is 19.4 Å². The molecule has 31 heavy (non-hydrogen) atoms. The third kappa shape index (κ3) is 4.22. The number of aryl methyl sites for hydroxylation is 1. The maximum absolute atomic E-state index is 11.9. The van der Waals surface area contributed by atoms with E-state index in [2.05, 4.69) is 5.32 Å². The zero-order valence-electron chi connectivity index (χ0n) is 17.3. The van der Waals surface area contributed by atoms with Crippen LogP contribution in [-0.2, 0) is 11.2 Å². The Bertz CT molecular complexity index is 1160. The lowest BCUT2D eigenvalue weighted by molar-refractivity contribution is -0.0214. The van der Waals surface area contributed by atoms with Crippen molar-refractivity contribution in [3.8, 4) is 11.3 Å². The van der Waals surface area contributed by atoms with Crippen LogP contribution in [0.3, 0.4) is 0 Å². The van der Waals surface area contributed by atoms with Gasteiger partial charge in [0.1, 0.15) is 5.65 Å². The topological polar surface area (TPSA) is 96.2 Å². The Kier molecular flexibility index (Phi) is 5.84. The Morgan fingerprint density at radius 1 is 1.32 bits per heavy atom. The van der Waals surface area contributed by atoms with Crippen molar-refractivity contribution in [2.45, 2.75) is 19.4 Å². The van der Waals surface area contributed by atoms with Gasteiger partial charge in [0, 0.05) is 37.3 Å². The normalized spacial score (nSPS) is 16.5. The highest BCUT2D eigenvalue weighted by atomic mass is 35.5. The molecule has 0 spiro atoms. The van der Waals surface area contributed by atoms with E-state index in [4.69, 9.17) is 21.3 Å². The van der Waals surface area contributed by atoms with Crippen LogP contribution in [0.1, 0.15) is 21.6 Å². The van der Waals surface area contributed by atoms with Crippen molar-refractivity contribution in [3.05, 3.63) is 58.4 Å². The number of hydrogen-bond acceptors (Lipinski definition) is 4. The first-order chi connectivity index (χ1) is 14.9. The number of carboxylic acid groups (broad SMARTS) is 1. The number of hydrogen-bond donors (Lipinski definition) is 2. The molecule has 9 heteroatoms. The van der Waals surface area contributed by atoms with E-state index in [0.717, 1.165) is 16.9 Å². The number of carbonyl (C=O) groups is 2. The molecule has 3 aromatic rings. The molecule has 1 aliphatic rings. The predicted molar refractivity (Wildman–Crippen MR) is 117 cm³/mol. The number of pyridine rings is 1. The summed E-state index contributed by atoms with van der Waals surface area (Å²) in [5.41, 5.74) is 4.57. The number of aromatic nitrogens is 2. The number of rotatable bonds is 4. The van der Waals surface area contributed by atoms with Gasteiger partial charge in [-0.25, -0.2) is 9.78 Å². The number of nitrogens with one attached hydrogen (secondary N) is 1. The van der Waals surface area contributed by atoms with Crippen molar-refractivity contribution in [3.63, 3.8) is 0 Å². The summed E-state index contributed by atoms with van der Waals surface area (Å²) in [6, 6.07) is 9.09. The molecule has 0 aliphatic carbocycles. The Morgan fingerprint density at radius 2 is 2.13 bits per heavy atom. The summed E-state index contributed by atoms with van der Waals surface area (Å²) in [5.74, 6) is -0.219. The minimum Gasteiger partial charge on any atom is -0.465 e. The number of imidazole rings is 1. The molecule has 0 saturated carbocycles. The van der Waals surface area contributed by atoms with Gasteiger partial charge in [0.2, 0.25) is 0 Å². The zero-order chi connectivity index (χ0) is 22.1. The maximum atomic E-state index is 11.9. The lowest BCUT2D eigenvalue weighted by atomic mass is 10.0. The van der Waals surface area contributed by atoms with E-state index < -0.39 is 6.09 Å². The van der Waals surface area contributed by atoms with Crippen LogP contribution in [0.4, 0.5) is 4.79 Å². The zero-order valence-corrected chi connectivity index (χ0v) is 18.0. The highest BCUT2D eigenvalue weighted by molar-refractivity contribution is 6.33. The lowest BCUT2D eigenvalue weighted by Crippen LogP contribution is -2.45. The quantitative estimate of drug-likeness (QED) is 0.646. The molecular formula is C22H23ClN4O4. The van der Waals surface area contributed by atoms with Crippen molar-refractivity contribution in [2.24, 2.45) is 0 Å². The third-order valence-electron chi connectivity index (χ3n) is 5.42. The Labute approximate surface area is 184 Å². The molecule has 1 atom stereocenters. The lowest BCUT2D eigenvalue weighted by Gasteiger charge is -2.31. The van der Waals surface area contributed by atoms with Gasteiger partial charge in [0.25, 0.3) is 5.91 Å². The van der Waals surface area contributed by atoms with Crippen LogP contribution in [0.15, 0.2) is 36.5 Å². The summed E-state index contributed by atoms with van der Waals surface area (Å²) in [7, 11) is 1.57. The predicted octanol–water partition coefficient (Wildman–Crippen LogP) is 3.24. The van der Waals surface area contributed by atoms with Gasteiger partial charge in [0.05, 0.1) is 35.7 Å². The van der Waals surface area contributed by atoms with Crippen molar-refractivity contribution >= 4 is 29.2 Å². The van der Waals surface area contributed by atoms with E-state index in [9.17, 15) is 14.7 Å². The number of nitrogens with zero attached hydrogens (tertiary/aromatic N) is 3. The molecule has 1 aliphatic heterocycles. The molecular weight excluding hydrogens is 420 g/mol. The van der Waals surface area contributed by atoms with Crippen LogP contribution in [0.2, 0.25) is 5.02 Å². The first-order valence-corrected chi connectivity index (χ1v) is 10.3. The molecule has 2 N–H and O–H groups in total.